The standard InChI is InChI=1S/C19H26ClN5O2.2ClH/c1-21-18(14-11-23-24(2)13-14)19(26)22-12-17(25-7-9-27-10-8-25)15-5-3-4-6-16(15)20;;/h3-6,11,13,17-18,21H,7-10,12H2,1-2H3,(H,22,26);2*1H. The highest BCUT2D eigenvalue weighted by Crippen LogP contribution is 2.28. The zero-order valence-electron chi connectivity index (χ0n) is 16.5. The van der Waals surface area contributed by atoms with Crippen LogP contribution in [0.1, 0.15) is 23.2 Å². The number of rotatable bonds is 7. The van der Waals surface area contributed by atoms with Gasteiger partial charge >= 0.3 is 0 Å². The van der Waals surface area contributed by atoms with Gasteiger partial charge in [-0.25, -0.2) is 0 Å². The molecule has 1 aromatic carbocycles. The molecule has 1 fully saturated rings. The van der Waals surface area contributed by atoms with E-state index in [1.165, 1.54) is 0 Å². The Morgan fingerprint density at radius 1 is 1.28 bits per heavy atom. The van der Waals surface area contributed by atoms with Gasteiger partial charge in [0.25, 0.3) is 0 Å². The van der Waals surface area contributed by atoms with Crippen molar-refractivity contribution >= 4 is 42.3 Å². The first-order valence-corrected chi connectivity index (χ1v) is 9.47. The number of aromatic nitrogens is 2. The van der Waals surface area contributed by atoms with E-state index in [9.17, 15) is 4.79 Å². The summed E-state index contributed by atoms with van der Waals surface area (Å²) in [5.74, 6) is -0.0872. The predicted molar refractivity (Wildman–Crippen MR) is 119 cm³/mol. The van der Waals surface area contributed by atoms with Crippen molar-refractivity contribution in [1.29, 1.82) is 0 Å². The normalized spacial score (nSPS) is 16.2. The van der Waals surface area contributed by atoms with E-state index < -0.39 is 6.04 Å². The minimum absolute atomic E-state index is 0. The van der Waals surface area contributed by atoms with Gasteiger partial charge in [0.1, 0.15) is 6.04 Å². The highest BCUT2D eigenvalue weighted by atomic mass is 35.5. The summed E-state index contributed by atoms with van der Waals surface area (Å²) in [6, 6.07) is 7.35. The Morgan fingerprint density at radius 3 is 2.55 bits per heavy atom. The molecule has 0 spiro atoms. The number of nitrogens with one attached hydrogen (secondary N) is 2. The summed E-state index contributed by atoms with van der Waals surface area (Å²) in [7, 11) is 3.60. The number of carbonyl (C=O) groups excluding carboxylic acids is 1. The molecule has 2 heterocycles. The molecule has 0 radical (unpaired) electrons. The molecule has 2 atom stereocenters. The lowest BCUT2D eigenvalue weighted by molar-refractivity contribution is -0.123. The molecule has 1 aromatic heterocycles. The summed E-state index contributed by atoms with van der Waals surface area (Å²) < 4.78 is 7.16. The Labute approximate surface area is 188 Å². The van der Waals surface area contributed by atoms with Crippen molar-refractivity contribution in [3.05, 3.63) is 52.8 Å². The Kier molecular flexibility index (Phi) is 11.0. The van der Waals surface area contributed by atoms with Gasteiger partial charge in [0.2, 0.25) is 5.91 Å². The number of aryl methyl sites for hydroxylation is 1. The number of ether oxygens (including phenoxy) is 1. The van der Waals surface area contributed by atoms with Crippen LogP contribution in [0.4, 0.5) is 0 Å². The van der Waals surface area contributed by atoms with Gasteiger partial charge in [-0.1, -0.05) is 29.8 Å². The third-order valence-electron chi connectivity index (χ3n) is 4.83. The predicted octanol–water partition coefficient (Wildman–Crippen LogP) is 2.37. The number of likely N-dealkylation sites (N-methyl/N-ethyl adjacent to an activating group) is 1. The van der Waals surface area contributed by atoms with Gasteiger partial charge in [-0.15, -0.1) is 24.8 Å². The smallest absolute Gasteiger partial charge is 0.241 e. The van der Waals surface area contributed by atoms with E-state index in [4.69, 9.17) is 16.3 Å². The minimum atomic E-state index is -0.449. The summed E-state index contributed by atoms with van der Waals surface area (Å²) in [6.07, 6.45) is 3.54. The second kappa shape index (κ2) is 12.4. The Bertz CT molecular complexity index is 768. The van der Waals surface area contributed by atoms with Gasteiger partial charge in [0.15, 0.2) is 0 Å². The van der Waals surface area contributed by atoms with Crippen LogP contribution in [-0.2, 0) is 16.6 Å². The van der Waals surface area contributed by atoms with E-state index in [1.54, 1.807) is 17.9 Å². The average molecular weight is 465 g/mol. The lowest BCUT2D eigenvalue weighted by atomic mass is 10.0. The van der Waals surface area contributed by atoms with Crippen molar-refractivity contribution in [3.8, 4) is 0 Å². The van der Waals surface area contributed by atoms with Crippen LogP contribution in [0.25, 0.3) is 0 Å². The van der Waals surface area contributed by atoms with Crippen molar-refractivity contribution in [2.75, 3.05) is 39.9 Å². The third-order valence-corrected chi connectivity index (χ3v) is 5.17. The minimum Gasteiger partial charge on any atom is -0.379 e. The zero-order chi connectivity index (χ0) is 19.2. The van der Waals surface area contributed by atoms with Crippen LogP contribution in [0.2, 0.25) is 5.02 Å². The van der Waals surface area contributed by atoms with Crippen LogP contribution in [0.5, 0.6) is 0 Å². The topological polar surface area (TPSA) is 71.4 Å². The average Bonchev–Trinajstić information content (AvgIpc) is 3.10. The highest BCUT2D eigenvalue weighted by molar-refractivity contribution is 6.31. The molecule has 0 bridgehead atoms. The molecular weight excluding hydrogens is 437 g/mol. The molecule has 3 rings (SSSR count). The maximum atomic E-state index is 12.8. The molecular formula is C19H28Cl3N5O2. The third kappa shape index (κ3) is 6.57. The zero-order valence-corrected chi connectivity index (χ0v) is 18.9. The van der Waals surface area contributed by atoms with Crippen molar-refractivity contribution in [2.24, 2.45) is 7.05 Å². The molecule has 29 heavy (non-hydrogen) atoms. The van der Waals surface area contributed by atoms with Crippen LogP contribution in [0, 0.1) is 0 Å². The number of halogens is 3. The first kappa shape index (κ1) is 25.7. The molecule has 0 saturated carbocycles. The summed E-state index contributed by atoms with van der Waals surface area (Å²) in [6.45, 7) is 3.46. The summed E-state index contributed by atoms with van der Waals surface area (Å²) in [5, 5.41) is 11.0. The second-order valence-corrected chi connectivity index (χ2v) is 7.01. The summed E-state index contributed by atoms with van der Waals surface area (Å²) >= 11 is 6.45. The Morgan fingerprint density at radius 2 is 1.97 bits per heavy atom. The van der Waals surface area contributed by atoms with Crippen LogP contribution >= 0.6 is 36.4 Å². The molecule has 0 aliphatic carbocycles. The van der Waals surface area contributed by atoms with Crippen LogP contribution in [0.3, 0.4) is 0 Å². The molecule has 1 saturated heterocycles. The maximum absolute atomic E-state index is 12.8. The molecule has 10 heteroatoms. The number of hydrogen-bond acceptors (Lipinski definition) is 5. The quantitative estimate of drug-likeness (QED) is 0.658. The lowest BCUT2D eigenvalue weighted by Gasteiger charge is -2.35. The largest absolute Gasteiger partial charge is 0.379 e. The monoisotopic (exact) mass is 463 g/mol. The molecule has 1 aliphatic heterocycles. The second-order valence-electron chi connectivity index (χ2n) is 6.60. The van der Waals surface area contributed by atoms with Crippen molar-refractivity contribution in [3.63, 3.8) is 0 Å². The van der Waals surface area contributed by atoms with Gasteiger partial charge in [0, 0.05) is 43.5 Å². The number of hydrogen-bond donors (Lipinski definition) is 2. The van der Waals surface area contributed by atoms with E-state index >= 15 is 0 Å². The van der Waals surface area contributed by atoms with Crippen LogP contribution in [-0.4, -0.2) is 60.5 Å². The number of morpholine rings is 1. The fourth-order valence-electron chi connectivity index (χ4n) is 3.41. The lowest BCUT2D eigenvalue weighted by Crippen LogP contribution is -2.45. The first-order chi connectivity index (χ1) is 13.1. The molecule has 2 unspecified atom stereocenters. The van der Waals surface area contributed by atoms with Crippen molar-refractivity contribution in [2.45, 2.75) is 12.1 Å². The Hall–Kier alpha value is -1.35. The van der Waals surface area contributed by atoms with E-state index in [1.807, 2.05) is 37.5 Å². The van der Waals surface area contributed by atoms with E-state index in [0.29, 0.717) is 24.8 Å². The Balaban J connectivity index is 0.00000210. The SMILES string of the molecule is CNC(C(=O)NCC(c1ccccc1Cl)N1CCOCC1)c1cnn(C)c1.Cl.Cl. The molecule has 2 N–H and O–H groups in total. The number of amides is 1. The van der Waals surface area contributed by atoms with E-state index in [0.717, 1.165) is 24.2 Å². The van der Waals surface area contributed by atoms with Crippen LogP contribution < -0.4 is 10.6 Å². The van der Waals surface area contributed by atoms with Gasteiger partial charge in [-0.05, 0) is 18.7 Å². The molecule has 7 nitrogen and oxygen atoms in total. The molecule has 2 aromatic rings. The van der Waals surface area contributed by atoms with E-state index in [2.05, 4.69) is 20.6 Å². The fraction of sp³-hybridized carbons (Fsp3) is 0.474. The summed E-state index contributed by atoms with van der Waals surface area (Å²) in [4.78, 5) is 15.1. The number of benzene rings is 1. The summed E-state index contributed by atoms with van der Waals surface area (Å²) in [5.41, 5.74) is 1.85. The van der Waals surface area contributed by atoms with Gasteiger partial charge in [-0.2, -0.15) is 5.10 Å². The highest BCUT2D eigenvalue weighted by Gasteiger charge is 2.27. The molecule has 1 aliphatic rings. The van der Waals surface area contributed by atoms with E-state index in [-0.39, 0.29) is 36.8 Å². The first-order valence-electron chi connectivity index (χ1n) is 9.10. The maximum Gasteiger partial charge on any atom is 0.241 e. The number of nitrogens with zero attached hydrogens (tertiary/aromatic N) is 3. The molecule has 162 valence electrons. The van der Waals surface area contributed by atoms with Gasteiger partial charge in [0.05, 0.1) is 25.5 Å². The number of carbonyl (C=O) groups is 1. The van der Waals surface area contributed by atoms with Crippen molar-refractivity contribution < 1.29 is 9.53 Å². The van der Waals surface area contributed by atoms with Crippen LogP contribution in [0.15, 0.2) is 36.7 Å². The van der Waals surface area contributed by atoms with Crippen molar-refractivity contribution in [1.82, 2.24) is 25.3 Å². The fourth-order valence-corrected chi connectivity index (χ4v) is 3.67. The molecule has 1 amide bonds. The van der Waals surface area contributed by atoms with Gasteiger partial charge < -0.3 is 15.4 Å². The van der Waals surface area contributed by atoms with Gasteiger partial charge in [-0.3, -0.25) is 14.4 Å².